The van der Waals surface area contributed by atoms with Crippen molar-refractivity contribution in [1.29, 1.82) is 0 Å². The number of rotatable bonds is 6. The number of aliphatic imine (C=N–C) groups is 1. The number of nitrogens with one attached hydrogen (secondary N) is 2. The van der Waals surface area contributed by atoms with Crippen LogP contribution < -0.4 is 15.5 Å². The highest BCUT2D eigenvalue weighted by Gasteiger charge is 2.08. The Morgan fingerprint density at radius 1 is 1.27 bits per heavy atom. The molecule has 1 aromatic heterocycles. The SMILES string of the molecule is CCNC(=NCc1cccc(N2CC=CC2)c1)NCc1ncc(C)s1.I. The molecular formula is C19H26IN5S. The number of guanidine groups is 1. The number of hydrogen-bond acceptors (Lipinski definition) is 4. The fraction of sp³-hybridized carbons (Fsp3) is 0.368. The first kappa shape index (κ1) is 20.7. The summed E-state index contributed by atoms with van der Waals surface area (Å²) in [5.74, 6) is 0.823. The summed E-state index contributed by atoms with van der Waals surface area (Å²) < 4.78 is 0. The zero-order valence-corrected chi connectivity index (χ0v) is 18.4. The number of aromatic nitrogens is 1. The Morgan fingerprint density at radius 3 is 2.77 bits per heavy atom. The van der Waals surface area contributed by atoms with Gasteiger partial charge >= 0.3 is 0 Å². The Morgan fingerprint density at radius 2 is 2.08 bits per heavy atom. The second-order valence-electron chi connectivity index (χ2n) is 5.96. The largest absolute Gasteiger partial charge is 0.364 e. The summed E-state index contributed by atoms with van der Waals surface area (Å²) in [5, 5.41) is 7.73. The average molecular weight is 483 g/mol. The van der Waals surface area contributed by atoms with Gasteiger partial charge in [0.15, 0.2) is 5.96 Å². The Bertz CT molecular complexity index is 748. The van der Waals surface area contributed by atoms with E-state index < -0.39 is 0 Å². The highest BCUT2D eigenvalue weighted by atomic mass is 127. The van der Waals surface area contributed by atoms with Crippen molar-refractivity contribution in [3.05, 3.63) is 58.1 Å². The zero-order valence-electron chi connectivity index (χ0n) is 15.2. The molecule has 1 aliphatic rings. The summed E-state index contributed by atoms with van der Waals surface area (Å²) in [5.41, 5.74) is 2.47. The van der Waals surface area contributed by atoms with Crippen molar-refractivity contribution in [1.82, 2.24) is 15.6 Å². The Kier molecular flexibility index (Phi) is 8.37. The van der Waals surface area contributed by atoms with Crippen LogP contribution in [0.4, 0.5) is 5.69 Å². The lowest BCUT2D eigenvalue weighted by Gasteiger charge is -2.18. The van der Waals surface area contributed by atoms with E-state index in [4.69, 9.17) is 4.99 Å². The number of benzene rings is 1. The molecule has 1 aromatic carbocycles. The van der Waals surface area contributed by atoms with Gasteiger partial charge in [0.25, 0.3) is 0 Å². The first-order chi connectivity index (χ1) is 12.2. The van der Waals surface area contributed by atoms with Crippen LogP contribution in [0.1, 0.15) is 22.4 Å². The molecule has 7 heteroatoms. The summed E-state index contributed by atoms with van der Waals surface area (Å²) in [7, 11) is 0. The maximum absolute atomic E-state index is 4.71. The molecule has 5 nitrogen and oxygen atoms in total. The summed E-state index contributed by atoms with van der Waals surface area (Å²) in [6, 6.07) is 8.63. The second-order valence-corrected chi connectivity index (χ2v) is 7.28. The van der Waals surface area contributed by atoms with Crippen molar-refractivity contribution < 1.29 is 0 Å². The average Bonchev–Trinajstić information content (AvgIpc) is 3.29. The molecule has 2 aromatic rings. The van der Waals surface area contributed by atoms with Crippen molar-refractivity contribution in [2.45, 2.75) is 26.9 Å². The van der Waals surface area contributed by atoms with Gasteiger partial charge in [-0.05, 0) is 31.5 Å². The van der Waals surface area contributed by atoms with Crippen LogP contribution in [-0.2, 0) is 13.1 Å². The van der Waals surface area contributed by atoms with E-state index in [-0.39, 0.29) is 24.0 Å². The molecule has 0 amide bonds. The molecular weight excluding hydrogens is 457 g/mol. The number of nitrogens with zero attached hydrogens (tertiary/aromatic N) is 3. The van der Waals surface area contributed by atoms with Crippen LogP contribution in [0.15, 0.2) is 47.6 Å². The molecule has 3 rings (SSSR count). The molecule has 0 atom stereocenters. The van der Waals surface area contributed by atoms with Gasteiger partial charge in [0.05, 0.1) is 13.1 Å². The van der Waals surface area contributed by atoms with Crippen molar-refractivity contribution in [3.63, 3.8) is 0 Å². The lowest BCUT2D eigenvalue weighted by molar-refractivity contribution is 0.811. The van der Waals surface area contributed by atoms with Gasteiger partial charge in [0.2, 0.25) is 0 Å². The predicted octanol–water partition coefficient (Wildman–Crippen LogP) is 3.70. The minimum atomic E-state index is 0. The van der Waals surface area contributed by atoms with E-state index in [1.54, 1.807) is 11.3 Å². The first-order valence-electron chi connectivity index (χ1n) is 8.67. The minimum Gasteiger partial charge on any atom is -0.364 e. The third-order valence-corrected chi connectivity index (χ3v) is 4.85. The molecule has 0 saturated heterocycles. The molecule has 2 N–H and O–H groups in total. The lowest BCUT2D eigenvalue weighted by atomic mass is 10.2. The van der Waals surface area contributed by atoms with E-state index in [2.05, 4.69) is 70.8 Å². The zero-order chi connectivity index (χ0) is 17.5. The predicted molar refractivity (Wildman–Crippen MR) is 122 cm³/mol. The van der Waals surface area contributed by atoms with Crippen LogP contribution in [0.3, 0.4) is 0 Å². The molecule has 0 aliphatic carbocycles. The number of hydrogen-bond donors (Lipinski definition) is 2. The van der Waals surface area contributed by atoms with Gasteiger partial charge in [-0.2, -0.15) is 0 Å². The smallest absolute Gasteiger partial charge is 0.191 e. The fourth-order valence-corrected chi connectivity index (χ4v) is 3.42. The maximum atomic E-state index is 4.71. The molecule has 26 heavy (non-hydrogen) atoms. The maximum Gasteiger partial charge on any atom is 0.191 e. The summed E-state index contributed by atoms with van der Waals surface area (Å²) in [6.07, 6.45) is 6.32. The van der Waals surface area contributed by atoms with Crippen LogP contribution in [0.25, 0.3) is 0 Å². The van der Waals surface area contributed by atoms with Crippen molar-refractivity contribution in [3.8, 4) is 0 Å². The summed E-state index contributed by atoms with van der Waals surface area (Å²) in [4.78, 5) is 12.7. The third kappa shape index (κ3) is 5.98. The lowest BCUT2D eigenvalue weighted by Crippen LogP contribution is -2.36. The van der Waals surface area contributed by atoms with E-state index >= 15 is 0 Å². The Labute approximate surface area is 176 Å². The van der Waals surface area contributed by atoms with Crippen LogP contribution in [0, 0.1) is 6.92 Å². The van der Waals surface area contributed by atoms with Gasteiger partial charge in [-0.1, -0.05) is 24.3 Å². The van der Waals surface area contributed by atoms with Crippen LogP contribution in [-0.4, -0.2) is 30.6 Å². The van der Waals surface area contributed by atoms with E-state index in [1.165, 1.54) is 16.1 Å². The van der Waals surface area contributed by atoms with Gasteiger partial charge in [-0.3, -0.25) is 0 Å². The molecule has 140 valence electrons. The van der Waals surface area contributed by atoms with Crippen LogP contribution in [0.2, 0.25) is 0 Å². The standard InChI is InChI=1S/C19H25N5S.HI/c1-3-20-19(23-14-18-21-12-15(2)25-18)22-13-16-7-6-8-17(11-16)24-9-4-5-10-24;/h4-8,11-12H,3,9-10,13-14H2,1-2H3,(H2,20,22,23);1H. The second kappa shape index (κ2) is 10.5. The van der Waals surface area contributed by atoms with Gasteiger partial charge in [0.1, 0.15) is 5.01 Å². The topological polar surface area (TPSA) is 52.6 Å². The molecule has 0 saturated carbocycles. The van der Waals surface area contributed by atoms with Crippen LogP contribution >= 0.6 is 35.3 Å². The van der Waals surface area contributed by atoms with E-state index in [0.717, 1.165) is 30.6 Å². The molecule has 0 fully saturated rings. The quantitative estimate of drug-likeness (QED) is 0.285. The van der Waals surface area contributed by atoms with Crippen LogP contribution in [0.5, 0.6) is 0 Å². The van der Waals surface area contributed by atoms with E-state index in [0.29, 0.717) is 13.1 Å². The van der Waals surface area contributed by atoms with Crippen molar-refractivity contribution >= 4 is 47.0 Å². The summed E-state index contributed by atoms with van der Waals surface area (Å²) >= 11 is 1.71. The third-order valence-electron chi connectivity index (χ3n) is 3.93. The molecule has 2 heterocycles. The number of aryl methyl sites for hydroxylation is 1. The Hall–Kier alpha value is -1.61. The van der Waals surface area contributed by atoms with Crippen molar-refractivity contribution in [2.75, 3.05) is 24.5 Å². The highest BCUT2D eigenvalue weighted by molar-refractivity contribution is 14.0. The highest BCUT2D eigenvalue weighted by Crippen LogP contribution is 2.19. The van der Waals surface area contributed by atoms with Gasteiger partial charge < -0.3 is 15.5 Å². The summed E-state index contributed by atoms with van der Waals surface area (Å²) in [6.45, 7) is 8.32. The van der Waals surface area contributed by atoms with Crippen molar-refractivity contribution in [2.24, 2.45) is 4.99 Å². The molecule has 0 spiro atoms. The molecule has 0 radical (unpaired) electrons. The monoisotopic (exact) mass is 483 g/mol. The molecule has 0 unspecified atom stereocenters. The normalized spacial score (nSPS) is 13.6. The van der Waals surface area contributed by atoms with Gasteiger partial charge in [-0.15, -0.1) is 35.3 Å². The molecule has 0 bridgehead atoms. The fourth-order valence-electron chi connectivity index (χ4n) is 2.70. The van der Waals surface area contributed by atoms with E-state index in [9.17, 15) is 0 Å². The van der Waals surface area contributed by atoms with Gasteiger partial charge in [-0.25, -0.2) is 9.98 Å². The van der Waals surface area contributed by atoms with E-state index in [1.807, 2.05) is 6.20 Å². The minimum absolute atomic E-state index is 0. The number of anilines is 1. The molecule has 1 aliphatic heterocycles. The van der Waals surface area contributed by atoms with Gasteiger partial charge in [0, 0.05) is 36.4 Å². The Balaban J connectivity index is 0.00000243. The number of halogens is 1. The first-order valence-corrected chi connectivity index (χ1v) is 9.48. The number of thiazole rings is 1.